The summed E-state index contributed by atoms with van der Waals surface area (Å²) >= 11 is 0. The lowest BCUT2D eigenvalue weighted by molar-refractivity contribution is -0.145. The molecule has 1 aromatic carbocycles. The molecule has 6 heteroatoms. The lowest BCUT2D eigenvalue weighted by atomic mass is 9.71. The van der Waals surface area contributed by atoms with Gasteiger partial charge in [0.15, 0.2) is 0 Å². The Morgan fingerprint density at radius 2 is 1.69 bits per heavy atom. The maximum atomic E-state index is 13.9. The van der Waals surface area contributed by atoms with Gasteiger partial charge in [-0.2, -0.15) is 0 Å². The molecule has 0 saturated carbocycles. The summed E-state index contributed by atoms with van der Waals surface area (Å²) in [5, 5.41) is 0. The van der Waals surface area contributed by atoms with Gasteiger partial charge in [-0.3, -0.25) is 14.6 Å². The van der Waals surface area contributed by atoms with E-state index in [-0.39, 0.29) is 12.5 Å². The largest absolute Gasteiger partial charge is 0.381 e. The van der Waals surface area contributed by atoms with Crippen molar-refractivity contribution >= 4 is 11.8 Å². The summed E-state index contributed by atoms with van der Waals surface area (Å²) in [6.07, 6.45) is 4.26. The molecule has 2 aromatic rings. The van der Waals surface area contributed by atoms with Crippen LogP contribution in [0.4, 0.5) is 0 Å². The monoisotopic (exact) mass is 393 g/mol. The van der Waals surface area contributed by atoms with E-state index >= 15 is 0 Å². The number of hydrogen-bond acceptors (Lipinski definition) is 4. The van der Waals surface area contributed by atoms with Gasteiger partial charge in [-0.05, 0) is 43.4 Å². The van der Waals surface area contributed by atoms with Gasteiger partial charge >= 0.3 is 0 Å². The number of carbonyl (C=O) groups excluding carboxylic acids is 2. The van der Waals surface area contributed by atoms with Gasteiger partial charge in [-0.15, -0.1) is 0 Å². The third-order valence-electron chi connectivity index (χ3n) is 6.49. The fourth-order valence-electron chi connectivity index (χ4n) is 4.82. The highest BCUT2D eigenvalue weighted by molar-refractivity contribution is 5.91. The van der Waals surface area contributed by atoms with Gasteiger partial charge in [0.1, 0.15) is 5.41 Å². The molecule has 6 nitrogen and oxygen atoms in total. The van der Waals surface area contributed by atoms with Gasteiger partial charge in [0, 0.05) is 32.5 Å². The van der Waals surface area contributed by atoms with Crippen LogP contribution in [0.15, 0.2) is 54.7 Å². The van der Waals surface area contributed by atoms with Crippen molar-refractivity contribution in [3.05, 3.63) is 66.0 Å². The molecule has 2 aliphatic rings. The molecule has 0 spiro atoms. The Balaban J connectivity index is 1.69. The van der Waals surface area contributed by atoms with E-state index in [0.717, 1.165) is 5.56 Å². The maximum Gasteiger partial charge on any atom is 0.233 e. The summed E-state index contributed by atoms with van der Waals surface area (Å²) in [6.45, 7) is 2.00. The lowest BCUT2D eigenvalue weighted by Crippen LogP contribution is -2.59. The van der Waals surface area contributed by atoms with E-state index < -0.39 is 16.7 Å². The van der Waals surface area contributed by atoms with E-state index in [9.17, 15) is 9.59 Å². The SMILES string of the molecule is NC(=O)[C@@]1(c2ccccn2)CCCN(C(=O)C2(c3ccccc3)CCOCC2)C1. The first kappa shape index (κ1) is 19.6. The molecule has 2 aliphatic heterocycles. The molecule has 2 amide bonds. The molecule has 4 rings (SSSR count). The number of ether oxygens (including phenoxy) is 1. The minimum Gasteiger partial charge on any atom is -0.381 e. The average molecular weight is 393 g/mol. The Bertz CT molecular complexity index is 865. The fraction of sp³-hybridized carbons (Fsp3) is 0.435. The molecule has 1 atom stereocenters. The van der Waals surface area contributed by atoms with Crippen LogP contribution in [0.3, 0.4) is 0 Å². The Hall–Kier alpha value is -2.73. The van der Waals surface area contributed by atoms with Crippen molar-refractivity contribution in [2.24, 2.45) is 5.73 Å². The smallest absolute Gasteiger partial charge is 0.233 e. The Morgan fingerprint density at radius 1 is 0.966 bits per heavy atom. The van der Waals surface area contributed by atoms with E-state index in [2.05, 4.69) is 4.98 Å². The second kappa shape index (κ2) is 7.95. The van der Waals surface area contributed by atoms with Crippen LogP contribution in [0.25, 0.3) is 0 Å². The highest BCUT2D eigenvalue weighted by atomic mass is 16.5. The second-order valence-corrected chi connectivity index (χ2v) is 8.05. The molecule has 0 bridgehead atoms. The first-order valence-electron chi connectivity index (χ1n) is 10.2. The van der Waals surface area contributed by atoms with Crippen molar-refractivity contribution < 1.29 is 14.3 Å². The molecular formula is C23H27N3O3. The van der Waals surface area contributed by atoms with Crippen LogP contribution in [0.5, 0.6) is 0 Å². The van der Waals surface area contributed by atoms with Gasteiger partial charge in [0.05, 0.1) is 11.1 Å². The van der Waals surface area contributed by atoms with Crippen LogP contribution in [-0.4, -0.2) is 48.0 Å². The molecule has 0 radical (unpaired) electrons. The number of benzene rings is 1. The summed E-state index contributed by atoms with van der Waals surface area (Å²) in [4.78, 5) is 32.8. The number of likely N-dealkylation sites (tertiary alicyclic amines) is 1. The van der Waals surface area contributed by atoms with Crippen molar-refractivity contribution in [3.8, 4) is 0 Å². The predicted molar refractivity (Wildman–Crippen MR) is 109 cm³/mol. The summed E-state index contributed by atoms with van der Waals surface area (Å²) in [5.41, 5.74) is 5.97. The first-order valence-corrected chi connectivity index (χ1v) is 10.2. The molecule has 29 heavy (non-hydrogen) atoms. The quantitative estimate of drug-likeness (QED) is 0.863. The number of primary amides is 1. The standard InChI is InChI=1S/C23H27N3O3/c24-20(27)23(19-9-4-5-13-25-19)10-6-14-26(17-23)21(28)22(11-15-29-16-12-22)18-7-2-1-3-8-18/h1-5,7-9,13H,6,10-12,14-17H2,(H2,24,27)/t23-/m0/s1. The highest BCUT2D eigenvalue weighted by Crippen LogP contribution is 2.40. The lowest BCUT2D eigenvalue weighted by Gasteiger charge is -2.45. The molecule has 152 valence electrons. The van der Waals surface area contributed by atoms with Crippen molar-refractivity contribution in [3.63, 3.8) is 0 Å². The molecule has 2 fully saturated rings. The van der Waals surface area contributed by atoms with Gasteiger partial charge < -0.3 is 15.4 Å². The van der Waals surface area contributed by atoms with E-state index in [0.29, 0.717) is 51.1 Å². The van der Waals surface area contributed by atoms with Crippen molar-refractivity contribution in [1.29, 1.82) is 0 Å². The van der Waals surface area contributed by atoms with Crippen LogP contribution in [-0.2, 0) is 25.2 Å². The maximum absolute atomic E-state index is 13.9. The van der Waals surface area contributed by atoms with E-state index in [1.807, 2.05) is 53.4 Å². The summed E-state index contributed by atoms with van der Waals surface area (Å²) in [7, 11) is 0. The number of aromatic nitrogens is 1. The van der Waals surface area contributed by atoms with Crippen molar-refractivity contribution in [1.82, 2.24) is 9.88 Å². The van der Waals surface area contributed by atoms with Crippen molar-refractivity contribution in [2.75, 3.05) is 26.3 Å². The Labute approximate surface area is 171 Å². The normalized spacial score (nSPS) is 24.1. The minimum absolute atomic E-state index is 0.0632. The van der Waals surface area contributed by atoms with Gasteiger partial charge in [0.25, 0.3) is 0 Å². The van der Waals surface area contributed by atoms with E-state index in [1.165, 1.54) is 0 Å². The predicted octanol–water partition coefficient (Wildman–Crippen LogP) is 2.18. The Morgan fingerprint density at radius 3 is 2.34 bits per heavy atom. The number of rotatable bonds is 4. The van der Waals surface area contributed by atoms with E-state index in [4.69, 9.17) is 10.5 Å². The van der Waals surface area contributed by atoms with Crippen LogP contribution < -0.4 is 5.73 Å². The second-order valence-electron chi connectivity index (χ2n) is 8.05. The molecule has 0 aliphatic carbocycles. The number of nitrogens with zero attached hydrogens (tertiary/aromatic N) is 2. The van der Waals surface area contributed by atoms with E-state index in [1.54, 1.807) is 6.20 Å². The van der Waals surface area contributed by atoms with Crippen LogP contribution in [0, 0.1) is 0 Å². The summed E-state index contributed by atoms with van der Waals surface area (Å²) < 4.78 is 5.58. The van der Waals surface area contributed by atoms with Gasteiger partial charge in [-0.25, -0.2) is 0 Å². The third-order valence-corrected chi connectivity index (χ3v) is 6.49. The zero-order chi connectivity index (χ0) is 20.3. The highest BCUT2D eigenvalue weighted by Gasteiger charge is 2.49. The van der Waals surface area contributed by atoms with Gasteiger partial charge in [0.2, 0.25) is 11.8 Å². The number of nitrogens with two attached hydrogens (primary N) is 1. The topological polar surface area (TPSA) is 85.5 Å². The zero-order valence-electron chi connectivity index (χ0n) is 16.5. The first-order chi connectivity index (χ1) is 14.1. The number of hydrogen-bond donors (Lipinski definition) is 1. The molecule has 0 unspecified atom stereocenters. The minimum atomic E-state index is -0.946. The zero-order valence-corrected chi connectivity index (χ0v) is 16.5. The average Bonchev–Trinajstić information content (AvgIpc) is 2.80. The number of carbonyl (C=O) groups is 2. The molecule has 1 aromatic heterocycles. The molecule has 2 N–H and O–H groups in total. The van der Waals surface area contributed by atoms with Crippen LogP contribution in [0.1, 0.15) is 36.9 Å². The Kier molecular flexibility index (Phi) is 5.37. The van der Waals surface area contributed by atoms with Gasteiger partial charge in [-0.1, -0.05) is 36.4 Å². The molecule has 3 heterocycles. The number of pyridine rings is 1. The summed E-state index contributed by atoms with van der Waals surface area (Å²) in [6, 6.07) is 15.4. The van der Waals surface area contributed by atoms with Crippen LogP contribution in [0.2, 0.25) is 0 Å². The fourth-order valence-corrected chi connectivity index (χ4v) is 4.82. The molecular weight excluding hydrogens is 366 g/mol. The number of amides is 2. The molecule has 2 saturated heterocycles. The number of piperidine rings is 1. The van der Waals surface area contributed by atoms with Crippen molar-refractivity contribution in [2.45, 2.75) is 36.5 Å². The van der Waals surface area contributed by atoms with Crippen LogP contribution >= 0.6 is 0 Å². The summed E-state index contributed by atoms with van der Waals surface area (Å²) in [5.74, 6) is -0.359. The third kappa shape index (κ3) is 3.42.